The van der Waals surface area contributed by atoms with Crippen molar-refractivity contribution in [3.63, 3.8) is 0 Å². The van der Waals surface area contributed by atoms with E-state index in [1.54, 1.807) is 0 Å². The minimum Gasteiger partial charge on any atom is -0.462 e. The molecule has 0 radical (unpaired) electrons. The van der Waals surface area contributed by atoms with Crippen molar-refractivity contribution in [2.24, 2.45) is 17.8 Å². The lowest BCUT2D eigenvalue weighted by atomic mass is 9.68. The summed E-state index contributed by atoms with van der Waals surface area (Å²) in [7, 11) is 0. The second-order valence-electron chi connectivity index (χ2n) is 9.62. The maximum atomic E-state index is 12.2. The van der Waals surface area contributed by atoms with E-state index in [0.717, 1.165) is 30.6 Å². The quantitative estimate of drug-likeness (QED) is 0.312. The second kappa shape index (κ2) is 11.8. The summed E-state index contributed by atoms with van der Waals surface area (Å²) in [6.07, 6.45) is 17.2. The van der Waals surface area contributed by atoms with E-state index in [9.17, 15) is 4.79 Å². The largest absolute Gasteiger partial charge is 0.462 e. The van der Waals surface area contributed by atoms with Gasteiger partial charge >= 0.3 is 5.97 Å². The number of carbonyl (C=O) groups is 1. The summed E-state index contributed by atoms with van der Waals surface area (Å²) < 4.78 is 5.42. The van der Waals surface area contributed by atoms with Crippen LogP contribution in [0.5, 0.6) is 0 Å². The standard InChI is InChI=1S/C27H42O2/c1-3-5-6-7-20-29-27(28)26-18-16-25(17-19-26)24-14-12-23(13-15-24)22-10-8-21(4-2)9-11-22/h16-19,21-24H,3-15,20H2,1-2H3/t21-,22-,23-,24-. The molecule has 29 heavy (non-hydrogen) atoms. The molecule has 0 N–H and O–H groups in total. The summed E-state index contributed by atoms with van der Waals surface area (Å²) >= 11 is 0. The van der Waals surface area contributed by atoms with Crippen molar-refractivity contribution in [2.75, 3.05) is 6.61 Å². The Bertz CT molecular complexity index is 589. The summed E-state index contributed by atoms with van der Waals surface area (Å²) in [5, 5.41) is 0. The van der Waals surface area contributed by atoms with Gasteiger partial charge in [0.15, 0.2) is 0 Å². The summed E-state index contributed by atoms with van der Waals surface area (Å²) in [5.74, 6) is 3.47. The van der Waals surface area contributed by atoms with Gasteiger partial charge in [-0.25, -0.2) is 4.79 Å². The third-order valence-corrected chi connectivity index (χ3v) is 7.76. The van der Waals surface area contributed by atoms with Gasteiger partial charge in [-0.05, 0) is 86.3 Å². The number of ether oxygens (including phenoxy) is 1. The molecular formula is C27H42O2. The molecule has 2 aliphatic rings. The predicted molar refractivity (Wildman–Crippen MR) is 121 cm³/mol. The number of hydrogen-bond donors (Lipinski definition) is 0. The lowest BCUT2D eigenvalue weighted by Gasteiger charge is -2.38. The van der Waals surface area contributed by atoms with Crippen molar-refractivity contribution in [2.45, 2.75) is 103 Å². The molecule has 1 aromatic rings. The first-order valence-corrected chi connectivity index (χ1v) is 12.5. The Morgan fingerprint density at radius 3 is 2.03 bits per heavy atom. The normalized spacial score (nSPS) is 27.5. The molecule has 3 rings (SSSR count). The molecule has 2 heteroatoms. The van der Waals surface area contributed by atoms with E-state index in [1.807, 2.05) is 12.1 Å². The van der Waals surface area contributed by atoms with Gasteiger partial charge in [-0.1, -0.05) is 64.5 Å². The van der Waals surface area contributed by atoms with Crippen LogP contribution in [0.15, 0.2) is 24.3 Å². The van der Waals surface area contributed by atoms with Crippen LogP contribution in [0.2, 0.25) is 0 Å². The van der Waals surface area contributed by atoms with E-state index in [0.29, 0.717) is 18.1 Å². The first kappa shape index (κ1) is 22.4. The SMILES string of the molecule is CCCCCCOC(=O)c1ccc([C@H]2CC[C@H]([C@H]3CC[C@H](CC)CC3)CC2)cc1. The maximum absolute atomic E-state index is 12.2. The molecule has 0 amide bonds. The smallest absolute Gasteiger partial charge is 0.338 e. The number of hydrogen-bond acceptors (Lipinski definition) is 2. The minimum absolute atomic E-state index is 0.167. The highest BCUT2D eigenvalue weighted by atomic mass is 16.5. The molecule has 162 valence electrons. The number of carbonyl (C=O) groups excluding carboxylic acids is 1. The Labute approximate surface area is 178 Å². The molecule has 0 saturated heterocycles. The first-order valence-electron chi connectivity index (χ1n) is 12.5. The van der Waals surface area contributed by atoms with E-state index in [1.165, 1.54) is 76.2 Å². The summed E-state index contributed by atoms with van der Waals surface area (Å²) in [4.78, 5) is 12.2. The third-order valence-electron chi connectivity index (χ3n) is 7.76. The van der Waals surface area contributed by atoms with Crippen LogP contribution < -0.4 is 0 Å². The Hall–Kier alpha value is -1.31. The lowest BCUT2D eigenvalue weighted by molar-refractivity contribution is 0.0498. The molecule has 2 aliphatic carbocycles. The Kier molecular flexibility index (Phi) is 9.08. The highest BCUT2D eigenvalue weighted by Crippen LogP contribution is 2.44. The molecule has 2 saturated carbocycles. The first-order chi connectivity index (χ1) is 14.2. The zero-order valence-electron chi connectivity index (χ0n) is 18.8. The van der Waals surface area contributed by atoms with Gasteiger partial charge in [-0.3, -0.25) is 0 Å². The van der Waals surface area contributed by atoms with Crippen molar-refractivity contribution in [1.82, 2.24) is 0 Å². The topological polar surface area (TPSA) is 26.3 Å². The lowest BCUT2D eigenvalue weighted by Crippen LogP contribution is -2.25. The minimum atomic E-state index is -0.167. The molecule has 2 nitrogen and oxygen atoms in total. The van der Waals surface area contributed by atoms with Crippen molar-refractivity contribution < 1.29 is 9.53 Å². The zero-order chi connectivity index (χ0) is 20.5. The zero-order valence-corrected chi connectivity index (χ0v) is 18.8. The molecule has 0 unspecified atom stereocenters. The van der Waals surface area contributed by atoms with Crippen molar-refractivity contribution in [3.8, 4) is 0 Å². The fourth-order valence-corrected chi connectivity index (χ4v) is 5.66. The molecule has 0 aliphatic heterocycles. The highest BCUT2D eigenvalue weighted by molar-refractivity contribution is 5.89. The van der Waals surface area contributed by atoms with Gasteiger partial charge in [-0.2, -0.15) is 0 Å². The van der Waals surface area contributed by atoms with E-state index >= 15 is 0 Å². The van der Waals surface area contributed by atoms with Crippen LogP contribution >= 0.6 is 0 Å². The van der Waals surface area contributed by atoms with Crippen LogP contribution in [0, 0.1) is 17.8 Å². The van der Waals surface area contributed by atoms with Gasteiger partial charge in [0.1, 0.15) is 0 Å². The highest BCUT2D eigenvalue weighted by Gasteiger charge is 2.30. The molecule has 0 aromatic heterocycles. The average molecular weight is 399 g/mol. The van der Waals surface area contributed by atoms with Crippen LogP contribution in [0.25, 0.3) is 0 Å². The van der Waals surface area contributed by atoms with Crippen LogP contribution in [0.3, 0.4) is 0 Å². The molecule has 1 aromatic carbocycles. The third kappa shape index (κ3) is 6.59. The number of unbranched alkanes of at least 4 members (excludes halogenated alkanes) is 3. The monoisotopic (exact) mass is 398 g/mol. The predicted octanol–water partition coefficient (Wildman–Crippen LogP) is 7.91. The van der Waals surface area contributed by atoms with Gasteiger partial charge in [0.2, 0.25) is 0 Å². The van der Waals surface area contributed by atoms with Gasteiger partial charge in [-0.15, -0.1) is 0 Å². The summed E-state index contributed by atoms with van der Waals surface area (Å²) in [5.41, 5.74) is 2.11. The Morgan fingerprint density at radius 1 is 0.828 bits per heavy atom. The van der Waals surface area contributed by atoms with Crippen LogP contribution in [-0.4, -0.2) is 12.6 Å². The fourth-order valence-electron chi connectivity index (χ4n) is 5.66. The van der Waals surface area contributed by atoms with Crippen LogP contribution in [-0.2, 0) is 4.74 Å². The van der Waals surface area contributed by atoms with Crippen molar-refractivity contribution in [1.29, 1.82) is 0 Å². The maximum Gasteiger partial charge on any atom is 0.338 e. The van der Waals surface area contributed by atoms with E-state index in [2.05, 4.69) is 26.0 Å². The van der Waals surface area contributed by atoms with E-state index in [-0.39, 0.29) is 5.97 Å². The summed E-state index contributed by atoms with van der Waals surface area (Å²) in [6, 6.07) is 8.29. The Morgan fingerprint density at radius 2 is 1.45 bits per heavy atom. The number of benzene rings is 1. The van der Waals surface area contributed by atoms with Crippen molar-refractivity contribution in [3.05, 3.63) is 35.4 Å². The van der Waals surface area contributed by atoms with Gasteiger partial charge < -0.3 is 4.74 Å². The van der Waals surface area contributed by atoms with Crippen molar-refractivity contribution >= 4 is 5.97 Å². The molecule has 2 fully saturated rings. The number of rotatable bonds is 9. The molecule has 0 spiro atoms. The van der Waals surface area contributed by atoms with Gasteiger partial charge in [0.05, 0.1) is 12.2 Å². The van der Waals surface area contributed by atoms with Crippen LogP contribution in [0.1, 0.15) is 119 Å². The fraction of sp³-hybridized carbons (Fsp3) is 0.741. The van der Waals surface area contributed by atoms with E-state index < -0.39 is 0 Å². The molecule has 0 atom stereocenters. The molecule has 0 bridgehead atoms. The molecule has 0 heterocycles. The summed E-state index contributed by atoms with van der Waals surface area (Å²) in [6.45, 7) is 5.09. The number of esters is 1. The molecular weight excluding hydrogens is 356 g/mol. The second-order valence-corrected chi connectivity index (χ2v) is 9.62. The van der Waals surface area contributed by atoms with E-state index in [4.69, 9.17) is 4.74 Å². The van der Waals surface area contributed by atoms with Gasteiger partial charge in [0.25, 0.3) is 0 Å². The Balaban J connectivity index is 1.41. The average Bonchev–Trinajstić information content (AvgIpc) is 2.79. The van der Waals surface area contributed by atoms with Gasteiger partial charge in [0, 0.05) is 0 Å². The van der Waals surface area contributed by atoms with Crippen LogP contribution in [0.4, 0.5) is 0 Å².